The molecule has 3 nitrogen and oxygen atoms in total. The molecule has 1 saturated heterocycles. The molecule has 0 bridgehead atoms. The summed E-state index contributed by atoms with van der Waals surface area (Å²) < 4.78 is 6.10. The second kappa shape index (κ2) is 4.81. The fourth-order valence-corrected chi connectivity index (χ4v) is 3.47. The molecule has 2 aliphatic rings. The van der Waals surface area contributed by atoms with Gasteiger partial charge < -0.3 is 15.0 Å². The molecule has 1 aromatic rings. The van der Waals surface area contributed by atoms with Crippen LogP contribution in [-0.2, 0) is 0 Å². The monoisotopic (exact) mass is 246 g/mol. The summed E-state index contributed by atoms with van der Waals surface area (Å²) in [6.45, 7) is 2.51. The molecule has 1 aromatic carbocycles. The summed E-state index contributed by atoms with van der Waals surface area (Å²) in [7, 11) is 4.16. The van der Waals surface area contributed by atoms with Gasteiger partial charge in [0.1, 0.15) is 5.75 Å². The van der Waals surface area contributed by atoms with Crippen molar-refractivity contribution in [2.24, 2.45) is 11.8 Å². The number of benzene rings is 1. The normalized spacial score (nSPS) is 31.3. The molecule has 0 radical (unpaired) electrons. The van der Waals surface area contributed by atoms with E-state index in [1.165, 1.54) is 25.9 Å². The predicted octanol–water partition coefficient (Wildman–Crippen LogP) is 2.45. The van der Waals surface area contributed by atoms with Gasteiger partial charge in [0.2, 0.25) is 0 Å². The number of rotatable bonds is 3. The number of fused-ring (bicyclic) bond motifs is 1. The zero-order valence-electron chi connectivity index (χ0n) is 11.2. The summed E-state index contributed by atoms with van der Waals surface area (Å²) in [6, 6.07) is 8.26. The van der Waals surface area contributed by atoms with Crippen molar-refractivity contribution >= 4 is 5.69 Å². The highest BCUT2D eigenvalue weighted by molar-refractivity contribution is 5.45. The van der Waals surface area contributed by atoms with E-state index < -0.39 is 0 Å². The van der Waals surface area contributed by atoms with Gasteiger partial charge >= 0.3 is 0 Å². The smallest absolute Gasteiger partial charge is 0.119 e. The quantitative estimate of drug-likeness (QED) is 0.886. The maximum Gasteiger partial charge on any atom is 0.119 e. The summed E-state index contributed by atoms with van der Waals surface area (Å²) >= 11 is 0. The van der Waals surface area contributed by atoms with Crippen molar-refractivity contribution in [3.8, 4) is 5.75 Å². The van der Waals surface area contributed by atoms with E-state index in [0.717, 1.165) is 23.3 Å². The highest BCUT2D eigenvalue weighted by atomic mass is 16.5. The second-order valence-electron chi connectivity index (χ2n) is 5.73. The SMILES string of the molecule is CNc1ccc(OC2CC3CN(C)CC3C2)cc1. The minimum Gasteiger partial charge on any atom is -0.490 e. The Morgan fingerprint density at radius 2 is 1.72 bits per heavy atom. The summed E-state index contributed by atoms with van der Waals surface area (Å²) in [4.78, 5) is 2.45. The van der Waals surface area contributed by atoms with Gasteiger partial charge in [-0.1, -0.05) is 0 Å². The van der Waals surface area contributed by atoms with E-state index in [1.54, 1.807) is 0 Å². The van der Waals surface area contributed by atoms with Crippen LogP contribution < -0.4 is 10.1 Å². The summed E-state index contributed by atoms with van der Waals surface area (Å²) in [5.41, 5.74) is 1.13. The molecule has 2 unspecified atom stereocenters. The van der Waals surface area contributed by atoms with Crippen LogP contribution in [0.1, 0.15) is 12.8 Å². The Bertz CT molecular complexity index is 389. The van der Waals surface area contributed by atoms with Crippen LogP contribution in [0.5, 0.6) is 5.75 Å². The Morgan fingerprint density at radius 3 is 2.28 bits per heavy atom. The minimum absolute atomic E-state index is 0.425. The number of nitrogens with one attached hydrogen (secondary N) is 1. The molecule has 1 aliphatic heterocycles. The van der Waals surface area contributed by atoms with Crippen LogP contribution in [0.4, 0.5) is 5.69 Å². The molecular formula is C15H22N2O. The summed E-state index contributed by atoms with van der Waals surface area (Å²) in [5.74, 6) is 2.72. The number of ether oxygens (including phenoxy) is 1. The Kier molecular flexibility index (Phi) is 3.16. The molecule has 18 heavy (non-hydrogen) atoms. The van der Waals surface area contributed by atoms with E-state index in [9.17, 15) is 0 Å². The molecule has 2 fully saturated rings. The van der Waals surface area contributed by atoms with Gasteiger partial charge in [-0.25, -0.2) is 0 Å². The predicted molar refractivity (Wildman–Crippen MR) is 74.1 cm³/mol. The van der Waals surface area contributed by atoms with Crippen molar-refractivity contribution in [1.29, 1.82) is 0 Å². The molecule has 98 valence electrons. The van der Waals surface area contributed by atoms with Crippen molar-refractivity contribution in [2.75, 3.05) is 32.5 Å². The fraction of sp³-hybridized carbons (Fsp3) is 0.600. The van der Waals surface area contributed by atoms with Crippen molar-refractivity contribution in [1.82, 2.24) is 4.90 Å². The topological polar surface area (TPSA) is 24.5 Å². The number of likely N-dealkylation sites (tertiary alicyclic amines) is 1. The first kappa shape index (κ1) is 11.8. The molecule has 0 aromatic heterocycles. The largest absolute Gasteiger partial charge is 0.490 e. The highest BCUT2D eigenvalue weighted by Crippen LogP contribution is 2.39. The standard InChI is InChI=1S/C15H22N2O/c1-16-13-3-5-14(6-4-13)18-15-7-11-9-17(2)10-12(11)8-15/h3-6,11-12,15-16H,7-10H2,1-2H3. The third kappa shape index (κ3) is 2.32. The maximum absolute atomic E-state index is 6.10. The van der Waals surface area contributed by atoms with E-state index >= 15 is 0 Å². The minimum atomic E-state index is 0.425. The first-order valence-electron chi connectivity index (χ1n) is 6.87. The lowest BCUT2D eigenvalue weighted by Gasteiger charge is -2.17. The molecule has 1 N–H and O–H groups in total. The molecule has 3 rings (SSSR count). The van der Waals surface area contributed by atoms with Crippen molar-refractivity contribution in [2.45, 2.75) is 18.9 Å². The van der Waals surface area contributed by atoms with Gasteiger partial charge in [0, 0.05) is 25.8 Å². The lowest BCUT2D eigenvalue weighted by molar-refractivity contribution is 0.190. The lowest BCUT2D eigenvalue weighted by Crippen LogP contribution is -2.20. The summed E-state index contributed by atoms with van der Waals surface area (Å²) in [6.07, 6.45) is 2.88. The third-order valence-corrected chi connectivity index (χ3v) is 4.34. The van der Waals surface area contributed by atoms with Crippen LogP contribution in [0.2, 0.25) is 0 Å². The first-order valence-corrected chi connectivity index (χ1v) is 6.87. The number of nitrogens with zero attached hydrogens (tertiary/aromatic N) is 1. The highest BCUT2D eigenvalue weighted by Gasteiger charge is 2.40. The second-order valence-corrected chi connectivity index (χ2v) is 5.73. The molecule has 1 heterocycles. The van der Waals surface area contributed by atoms with E-state index in [1.807, 2.05) is 7.05 Å². The van der Waals surface area contributed by atoms with Crippen LogP contribution in [-0.4, -0.2) is 38.2 Å². The van der Waals surface area contributed by atoms with Gasteiger partial charge in [0.25, 0.3) is 0 Å². The Morgan fingerprint density at radius 1 is 1.11 bits per heavy atom. The maximum atomic E-state index is 6.10. The van der Waals surface area contributed by atoms with Gasteiger partial charge in [-0.2, -0.15) is 0 Å². The fourth-order valence-electron chi connectivity index (χ4n) is 3.47. The van der Waals surface area contributed by atoms with E-state index in [-0.39, 0.29) is 0 Å². The van der Waals surface area contributed by atoms with Crippen molar-refractivity contribution in [3.63, 3.8) is 0 Å². The molecule has 1 saturated carbocycles. The van der Waals surface area contributed by atoms with Gasteiger partial charge in [-0.05, 0) is 56.0 Å². The van der Waals surface area contributed by atoms with E-state index in [0.29, 0.717) is 6.10 Å². The van der Waals surface area contributed by atoms with Crippen molar-refractivity contribution in [3.05, 3.63) is 24.3 Å². The first-order chi connectivity index (χ1) is 8.74. The number of hydrogen-bond acceptors (Lipinski definition) is 3. The molecule has 1 aliphatic carbocycles. The van der Waals surface area contributed by atoms with Crippen LogP contribution in [0.3, 0.4) is 0 Å². The average Bonchev–Trinajstić information content (AvgIpc) is 2.86. The zero-order chi connectivity index (χ0) is 12.5. The molecule has 3 heteroatoms. The third-order valence-electron chi connectivity index (χ3n) is 4.34. The Labute approximate surface area is 109 Å². The summed E-state index contributed by atoms with van der Waals surface area (Å²) in [5, 5.41) is 3.12. The lowest BCUT2D eigenvalue weighted by atomic mass is 10.0. The van der Waals surface area contributed by atoms with E-state index in [2.05, 4.69) is 41.5 Å². The molecule has 0 spiro atoms. The van der Waals surface area contributed by atoms with Crippen LogP contribution in [0.15, 0.2) is 24.3 Å². The molecule has 0 amide bonds. The molecular weight excluding hydrogens is 224 g/mol. The van der Waals surface area contributed by atoms with Crippen LogP contribution in [0, 0.1) is 11.8 Å². The van der Waals surface area contributed by atoms with Gasteiger partial charge in [-0.15, -0.1) is 0 Å². The number of anilines is 1. The van der Waals surface area contributed by atoms with Gasteiger partial charge in [-0.3, -0.25) is 0 Å². The van der Waals surface area contributed by atoms with E-state index in [4.69, 9.17) is 4.74 Å². The van der Waals surface area contributed by atoms with Gasteiger partial charge in [0.05, 0.1) is 6.10 Å². The average molecular weight is 246 g/mol. The van der Waals surface area contributed by atoms with Crippen LogP contribution >= 0.6 is 0 Å². The van der Waals surface area contributed by atoms with Gasteiger partial charge in [0.15, 0.2) is 0 Å². The Hall–Kier alpha value is -1.22. The Balaban J connectivity index is 1.58. The molecule has 2 atom stereocenters. The number of hydrogen-bond donors (Lipinski definition) is 1. The van der Waals surface area contributed by atoms with Crippen molar-refractivity contribution < 1.29 is 4.74 Å². The zero-order valence-corrected chi connectivity index (χ0v) is 11.2. The van der Waals surface area contributed by atoms with Crippen LogP contribution in [0.25, 0.3) is 0 Å².